The largest absolute Gasteiger partial charge is 0.391 e. The van der Waals surface area contributed by atoms with Gasteiger partial charge in [-0.1, -0.05) is 6.92 Å². The highest BCUT2D eigenvalue weighted by Crippen LogP contribution is 1.93. The molecule has 3 nitrogen and oxygen atoms in total. The summed E-state index contributed by atoms with van der Waals surface area (Å²) in [6, 6.07) is 0. The number of aliphatic hydroxyl groups excluding tert-OH is 1. The van der Waals surface area contributed by atoms with Gasteiger partial charge in [-0.3, -0.25) is 0 Å². The van der Waals surface area contributed by atoms with Crippen LogP contribution in [0.15, 0.2) is 0 Å². The normalized spacial score (nSPS) is 13.4. The van der Waals surface area contributed by atoms with E-state index < -0.39 is 0 Å². The molecule has 0 saturated heterocycles. The Hall–Kier alpha value is -0.120. The van der Waals surface area contributed by atoms with E-state index in [2.05, 4.69) is 0 Å². The number of hydrogen-bond acceptors (Lipinski definition) is 3. The summed E-state index contributed by atoms with van der Waals surface area (Å²) in [6.45, 7) is 3.79. The summed E-state index contributed by atoms with van der Waals surface area (Å²) in [7, 11) is 1.62. The third-order valence-corrected chi connectivity index (χ3v) is 1.31. The average Bonchev–Trinajstić information content (AvgIpc) is 2.01. The monoisotopic (exact) mass is 162 g/mol. The van der Waals surface area contributed by atoms with Gasteiger partial charge in [-0.2, -0.15) is 0 Å². The van der Waals surface area contributed by atoms with Crippen LogP contribution in [0, 0.1) is 0 Å². The highest BCUT2D eigenvalue weighted by atomic mass is 16.5. The Morgan fingerprint density at radius 3 is 2.64 bits per heavy atom. The van der Waals surface area contributed by atoms with Gasteiger partial charge in [-0.15, -0.1) is 0 Å². The van der Waals surface area contributed by atoms with Gasteiger partial charge in [0.25, 0.3) is 0 Å². The predicted octanol–water partition coefficient (Wildman–Crippen LogP) is 0.810. The van der Waals surface area contributed by atoms with Crippen LogP contribution in [0.5, 0.6) is 0 Å². The van der Waals surface area contributed by atoms with E-state index in [4.69, 9.17) is 9.47 Å². The molecule has 0 aromatic carbocycles. The summed E-state index contributed by atoms with van der Waals surface area (Å²) >= 11 is 0. The molecule has 3 heteroatoms. The van der Waals surface area contributed by atoms with Crippen LogP contribution in [0.1, 0.15) is 19.8 Å². The Morgan fingerprint density at radius 1 is 1.36 bits per heavy atom. The maximum absolute atomic E-state index is 9.20. The summed E-state index contributed by atoms with van der Waals surface area (Å²) < 4.78 is 9.94. The second-order valence-corrected chi connectivity index (χ2v) is 2.51. The summed E-state index contributed by atoms with van der Waals surface area (Å²) in [5, 5.41) is 9.20. The molecule has 0 aliphatic rings. The minimum atomic E-state index is -0.374. The van der Waals surface area contributed by atoms with Crippen molar-refractivity contribution in [2.75, 3.05) is 26.9 Å². The van der Waals surface area contributed by atoms with Gasteiger partial charge in [0.2, 0.25) is 0 Å². The highest BCUT2D eigenvalue weighted by molar-refractivity contribution is 4.51. The molecule has 0 aromatic heterocycles. The number of aliphatic hydroxyl groups is 1. The van der Waals surface area contributed by atoms with E-state index in [-0.39, 0.29) is 6.10 Å². The van der Waals surface area contributed by atoms with E-state index in [1.165, 1.54) is 0 Å². The van der Waals surface area contributed by atoms with Crippen LogP contribution >= 0.6 is 0 Å². The van der Waals surface area contributed by atoms with E-state index in [1.807, 2.05) is 6.92 Å². The highest BCUT2D eigenvalue weighted by Gasteiger charge is 2.02. The lowest BCUT2D eigenvalue weighted by molar-refractivity contribution is 0.0198. The van der Waals surface area contributed by atoms with Crippen LogP contribution < -0.4 is 0 Å². The fourth-order valence-corrected chi connectivity index (χ4v) is 0.701. The second kappa shape index (κ2) is 7.98. The zero-order chi connectivity index (χ0) is 8.53. The molecule has 0 saturated carbocycles. The average molecular weight is 162 g/mol. The molecule has 1 N–H and O–H groups in total. The number of methoxy groups -OCH3 is 1. The predicted molar refractivity (Wildman–Crippen MR) is 43.6 cm³/mol. The second-order valence-electron chi connectivity index (χ2n) is 2.51. The molecule has 1 atom stereocenters. The topological polar surface area (TPSA) is 38.7 Å². The standard InChI is InChI=1S/C8H18O3/c1-3-5-11-7-8(9)4-6-10-2/h8-9H,3-7H2,1-2H3. The molecule has 0 spiro atoms. The molecule has 11 heavy (non-hydrogen) atoms. The van der Waals surface area contributed by atoms with Gasteiger partial charge in [0, 0.05) is 20.3 Å². The van der Waals surface area contributed by atoms with Crippen LogP contribution in [0.25, 0.3) is 0 Å². The van der Waals surface area contributed by atoms with Crippen LogP contribution in [0.2, 0.25) is 0 Å². The van der Waals surface area contributed by atoms with E-state index in [0.717, 1.165) is 13.0 Å². The van der Waals surface area contributed by atoms with Gasteiger partial charge in [0.1, 0.15) is 0 Å². The van der Waals surface area contributed by atoms with Crippen molar-refractivity contribution in [3.63, 3.8) is 0 Å². The lowest BCUT2D eigenvalue weighted by Gasteiger charge is -2.09. The first kappa shape index (κ1) is 10.9. The Labute approximate surface area is 68.3 Å². The van der Waals surface area contributed by atoms with E-state index in [1.54, 1.807) is 7.11 Å². The molecule has 0 radical (unpaired) electrons. The summed E-state index contributed by atoms with van der Waals surface area (Å²) in [4.78, 5) is 0. The quantitative estimate of drug-likeness (QED) is 0.563. The van der Waals surface area contributed by atoms with Crippen molar-refractivity contribution in [2.45, 2.75) is 25.9 Å². The SMILES string of the molecule is CCCOCC(O)CCOC. The molecule has 0 aliphatic heterocycles. The molecule has 0 heterocycles. The van der Waals surface area contributed by atoms with E-state index >= 15 is 0 Å². The summed E-state index contributed by atoms with van der Waals surface area (Å²) in [5.74, 6) is 0. The zero-order valence-corrected chi connectivity index (χ0v) is 7.38. The van der Waals surface area contributed by atoms with Crippen molar-refractivity contribution in [1.29, 1.82) is 0 Å². The Kier molecular flexibility index (Phi) is 7.89. The van der Waals surface area contributed by atoms with Gasteiger partial charge >= 0.3 is 0 Å². The molecule has 0 rings (SSSR count). The van der Waals surface area contributed by atoms with Crippen molar-refractivity contribution in [2.24, 2.45) is 0 Å². The molecule has 0 aromatic rings. The van der Waals surface area contributed by atoms with Gasteiger partial charge in [-0.25, -0.2) is 0 Å². The molecule has 0 fully saturated rings. The van der Waals surface area contributed by atoms with Crippen LogP contribution in [0.3, 0.4) is 0 Å². The first-order valence-electron chi connectivity index (χ1n) is 4.06. The van der Waals surface area contributed by atoms with Crippen LogP contribution in [-0.2, 0) is 9.47 Å². The molecule has 68 valence electrons. The third-order valence-electron chi connectivity index (χ3n) is 1.31. The zero-order valence-electron chi connectivity index (χ0n) is 7.38. The molecular formula is C8H18O3. The van der Waals surface area contributed by atoms with Gasteiger partial charge in [0.15, 0.2) is 0 Å². The smallest absolute Gasteiger partial charge is 0.0795 e. The number of hydrogen-bond donors (Lipinski definition) is 1. The first-order chi connectivity index (χ1) is 5.31. The molecule has 0 aliphatic carbocycles. The molecule has 0 amide bonds. The minimum absolute atomic E-state index is 0.374. The van der Waals surface area contributed by atoms with Crippen LogP contribution in [-0.4, -0.2) is 38.1 Å². The van der Waals surface area contributed by atoms with Gasteiger partial charge in [-0.05, 0) is 12.8 Å². The van der Waals surface area contributed by atoms with Gasteiger partial charge in [0.05, 0.1) is 12.7 Å². The molecule has 1 unspecified atom stereocenters. The summed E-state index contributed by atoms with van der Waals surface area (Å²) in [5.41, 5.74) is 0. The van der Waals surface area contributed by atoms with Crippen LogP contribution in [0.4, 0.5) is 0 Å². The van der Waals surface area contributed by atoms with E-state index in [0.29, 0.717) is 19.6 Å². The number of rotatable bonds is 7. The fraction of sp³-hybridized carbons (Fsp3) is 1.00. The lowest BCUT2D eigenvalue weighted by atomic mass is 10.3. The van der Waals surface area contributed by atoms with Crippen molar-refractivity contribution < 1.29 is 14.6 Å². The maximum Gasteiger partial charge on any atom is 0.0795 e. The van der Waals surface area contributed by atoms with E-state index in [9.17, 15) is 5.11 Å². The van der Waals surface area contributed by atoms with Crippen molar-refractivity contribution in [1.82, 2.24) is 0 Å². The fourth-order valence-electron chi connectivity index (χ4n) is 0.701. The van der Waals surface area contributed by atoms with Crippen molar-refractivity contribution in [3.8, 4) is 0 Å². The number of ether oxygens (including phenoxy) is 2. The van der Waals surface area contributed by atoms with Gasteiger partial charge < -0.3 is 14.6 Å². The summed E-state index contributed by atoms with van der Waals surface area (Å²) in [6.07, 6.45) is 1.28. The Balaban J connectivity index is 3.02. The Bertz CT molecular complexity index is 75.7. The van der Waals surface area contributed by atoms with Crippen molar-refractivity contribution in [3.05, 3.63) is 0 Å². The minimum Gasteiger partial charge on any atom is -0.391 e. The molecular weight excluding hydrogens is 144 g/mol. The van der Waals surface area contributed by atoms with Crippen molar-refractivity contribution >= 4 is 0 Å². The Morgan fingerprint density at radius 2 is 2.09 bits per heavy atom. The lowest BCUT2D eigenvalue weighted by Crippen LogP contribution is -2.17. The maximum atomic E-state index is 9.20. The molecule has 0 bridgehead atoms. The first-order valence-corrected chi connectivity index (χ1v) is 4.06. The third kappa shape index (κ3) is 7.78.